The van der Waals surface area contributed by atoms with E-state index in [0.717, 1.165) is 39.9 Å². The molecule has 1 amide bonds. The van der Waals surface area contributed by atoms with Crippen molar-refractivity contribution in [2.24, 2.45) is 0 Å². The molecule has 164 valence electrons. The molecule has 1 aliphatic heterocycles. The number of thiazole rings is 1. The molecule has 2 aromatic heterocycles. The molecule has 31 heavy (non-hydrogen) atoms. The van der Waals surface area contributed by atoms with Gasteiger partial charge in [0.1, 0.15) is 6.04 Å². The molecule has 0 spiro atoms. The first kappa shape index (κ1) is 21.9. The quantitative estimate of drug-likeness (QED) is 0.583. The van der Waals surface area contributed by atoms with Crippen LogP contribution in [-0.2, 0) is 21.4 Å². The van der Waals surface area contributed by atoms with E-state index in [0.29, 0.717) is 18.1 Å². The summed E-state index contributed by atoms with van der Waals surface area (Å²) >= 11 is 1.45. The molecule has 0 N–H and O–H groups in total. The zero-order chi connectivity index (χ0) is 22.2. The van der Waals surface area contributed by atoms with Crippen LogP contribution in [0, 0.1) is 13.8 Å². The number of fused-ring (bicyclic) bond motifs is 1. The van der Waals surface area contributed by atoms with Crippen LogP contribution in [0.15, 0.2) is 36.5 Å². The molecular weight excluding hydrogens is 432 g/mol. The number of nitrogens with zero attached hydrogens (tertiary/aromatic N) is 4. The Morgan fingerprint density at radius 1 is 1.23 bits per heavy atom. The minimum atomic E-state index is -3.49. The number of carbonyl (C=O) groups is 1. The summed E-state index contributed by atoms with van der Waals surface area (Å²) in [6.07, 6.45) is 4.95. The Morgan fingerprint density at radius 2 is 2.03 bits per heavy atom. The fourth-order valence-electron chi connectivity index (χ4n) is 3.95. The van der Waals surface area contributed by atoms with E-state index < -0.39 is 16.1 Å². The first-order valence-corrected chi connectivity index (χ1v) is 13.0. The molecule has 9 heteroatoms. The van der Waals surface area contributed by atoms with Crippen LogP contribution in [0.3, 0.4) is 0 Å². The Balaban J connectivity index is 1.77. The standard InChI is InChI=1S/C22H26N4O3S2/c1-15-10-11-19-20(16(15)2)24-22(30-19)25(14-17-8-4-6-12-23-17)21(27)18-9-5-7-13-26(18)31(3,28)29/h4,6,8,10-12,18H,5,7,9,13-14H2,1-3H3. The summed E-state index contributed by atoms with van der Waals surface area (Å²) in [7, 11) is -3.49. The molecule has 1 aliphatic rings. The molecule has 0 aliphatic carbocycles. The third-order valence-electron chi connectivity index (χ3n) is 5.78. The summed E-state index contributed by atoms with van der Waals surface area (Å²) in [6.45, 7) is 4.67. The predicted molar refractivity (Wildman–Crippen MR) is 124 cm³/mol. The number of pyridine rings is 1. The molecular formula is C22H26N4O3S2. The Morgan fingerprint density at radius 3 is 2.74 bits per heavy atom. The van der Waals surface area contributed by atoms with Gasteiger partial charge >= 0.3 is 0 Å². The smallest absolute Gasteiger partial charge is 0.247 e. The molecule has 1 saturated heterocycles. The average molecular weight is 459 g/mol. The highest BCUT2D eigenvalue weighted by atomic mass is 32.2. The van der Waals surface area contributed by atoms with Crippen LogP contribution in [0.4, 0.5) is 5.13 Å². The van der Waals surface area contributed by atoms with Gasteiger partial charge in [-0.1, -0.05) is 29.9 Å². The number of carbonyl (C=O) groups excluding carboxylic acids is 1. The number of benzene rings is 1. The number of hydrogen-bond acceptors (Lipinski definition) is 6. The Labute approximate surface area is 186 Å². The normalized spacial score (nSPS) is 17.7. The molecule has 1 unspecified atom stereocenters. The van der Waals surface area contributed by atoms with Crippen LogP contribution in [0.2, 0.25) is 0 Å². The summed E-state index contributed by atoms with van der Waals surface area (Å²) in [5.74, 6) is -0.246. The lowest BCUT2D eigenvalue weighted by atomic mass is 10.0. The second-order valence-electron chi connectivity index (χ2n) is 7.98. The summed E-state index contributed by atoms with van der Waals surface area (Å²) < 4.78 is 27.1. The maximum Gasteiger partial charge on any atom is 0.247 e. The average Bonchev–Trinajstić information content (AvgIpc) is 3.19. The van der Waals surface area contributed by atoms with E-state index >= 15 is 0 Å². The van der Waals surface area contributed by atoms with E-state index in [1.165, 1.54) is 21.9 Å². The van der Waals surface area contributed by atoms with Crippen molar-refractivity contribution in [1.82, 2.24) is 14.3 Å². The number of amides is 1. The zero-order valence-corrected chi connectivity index (χ0v) is 19.5. The monoisotopic (exact) mass is 458 g/mol. The highest BCUT2D eigenvalue weighted by Crippen LogP contribution is 2.34. The summed E-state index contributed by atoms with van der Waals surface area (Å²) in [5, 5.41) is 0.568. The Kier molecular flexibility index (Phi) is 6.09. The van der Waals surface area contributed by atoms with Crippen molar-refractivity contribution in [2.45, 2.75) is 45.7 Å². The molecule has 0 saturated carbocycles. The SMILES string of the molecule is Cc1ccc2sc(N(Cc3ccccn3)C(=O)C3CCCCN3S(C)(=O)=O)nc2c1C. The highest BCUT2D eigenvalue weighted by Gasteiger charge is 2.38. The van der Waals surface area contributed by atoms with Crippen LogP contribution >= 0.6 is 11.3 Å². The van der Waals surface area contributed by atoms with Crippen LogP contribution in [0.25, 0.3) is 10.2 Å². The molecule has 1 atom stereocenters. The van der Waals surface area contributed by atoms with Gasteiger partial charge in [0.2, 0.25) is 15.9 Å². The van der Waals surface area contributed by atoms with Gasteiger partial charge in [0.25, 0.3) is 0 Å². The molecule has 1 aromatic carbocycles. The van der Waals surface area contributed by atoms with Crippen molar-refractivity contribution in [3.8, 4) is 0 Å². The van der Waals surface area contributed by atoms with Crippen molar-refractivity contribution >= 4 is 42.6 Å². The van der Waals surface area contributed by atoms with Crippen LogP contribution in [-0.4, -0.2) is 47.4 Å². The first-order chi connectivity index (χ1) is 14.8. The van der Waals surface area contributed by atoms with Gasteiger partial charge in [0, 0.05) is 12.7 Å². The first-order valence-electron chi connectivity index (χ1n) is 10.3. The van der Waals surface area contributed by atoms with Crippen LogP contribution in [0.1, 0.15) is 36.1 Å². The minimum absolute atomic E-state index is 0.242. The lowest BCUT2D eigenvalue weighted by molar-refractivity contribution is -0.123. The summed E-state index contributed by atoms with van der Waals surface area (Å²) in [4.78, 5) is 24.5. The van der Waals surface area contributed by atoms with Gasteiger partial charge in [0.15, 0.2) is 5.13 Å². The zero-order valence-electron chi connectivity index (χ0n) is 17.9. The maximum absolute atomic E-state index is 13.7. The summed E-state index contributed by atoms with van der Waals surface area (Å²) in [6, 6.07) is 8.91. The number of aromatic nitrogens is 2. The number of hydrogen-bond donors (Lipinski definition) is 0. The van der Waals surface area contributed by atoms with Gasteiger partial charge in [-0.2, -0.15) is 4.31 Å². The fourth-order valence-corrected chi connectivity index (χ4v) is 6.10. The third kappa shape index (κ3) is 4.49. The highest BCUT2D eigenvalue weighted by molar-refractivity contribution is 7.88. The van der Waals surface area contributed by atoms with E-state index in [4.69, 9.17) is 4.98 Å². The lowest BCUT2D eigenvalue weighted by Gasteiger charge is -2.35. The van der Waals surface area contributed by atoms with Crippen molar-refractivity contribution in [2.75, 3.05) is 17.7 Å². The second kappa shape index (κ2) is 8.64. The van der Waals surface area contributed by atoms with E-state index in [1.807, 2.05) is 38.1 Å². The summed E-state index contributed by atoms with van der Waals surface area (Å²) in [5.41, 5.74) is 3.83. The Bertz CT molecular complexity index is 1210. The third-order valence-corrected chi connectivity index (χ3v) is 8.11. The van der Waals surface area contributed by atoms with Crippen molar-refractivity contribution in [3.05, 3.63) is 53.3 Å². The predicted octanol–water partition coefficient (Wildman–Crippen LogP) is 3.66. The molecule has 0 bridgehead atoms. The topological polar surface area (TPSA) is 83.5 Å². The van der Waals surface area contributed by atoms with Gasteiger partial charge in [-0.3, -0.25) is 14.7 Å². The van der Waals surface area contributed by atoms with Crippen LogP contribution in [0.5, 0.6) is 0 Å². The minimum Gasteiger partial charge on any atom is -0.281 e. The largest absolute Gasteiger partial charge is 0.281 e. The van der Waals surface area contributed by atoms with Crippen molar-refractivity contribution < 1.29 is 13.2 Å². The number of anilines is 1. The lowest BCUT2D eigenvalue weighted by Crippen LogP contribution is -2.52. The number of rotatable bonds is 5. The van der Waals surface area contributed by atoms with E-state index in [1.54, 1.807) is 11.1 Å². The maximum atomic E-state index is 13.7. The molecule has 1 fully saturated rings. The van der Waals surface area contributed by atoms with Crippen molar-refractivity contribution in [3.63, 3.8) is 0 Å². The second-order valence-corrected chi connectivity index (χ2v) is 10.9. The number of aryl methyl sites for hydroxylation is 2. The van der Waals surface area contributed by atoms with Gasteiger partial charge in [-0.25, -0.2) is 13.4 Å². The van der Waals surface area contributed by atoms with Crippen LogP contribution < -0.4 is 4.90 Å². The van der Waals surface area contributed by atoms with E-state index in [-0.39, 0.29) is 12.5 Å². The Hall–Kier alpha value is -2.36. The molecule has 3 heterocycles. The van der Waals surface area contributed by atoms with Gasteiger partial charge in [-0.05, 0) is 56.0 Å². The van der Waals surface area contributed by atoms with E-state index in [2.05, 4.69) is 11.1 Å². The van der Waals surface area contributed by atoms with E-state index in [9.17, 15) is 13.2 Å². The molecule has 4 rings (SSSR count). The number of piperidine rings is 1. The van der Waals surface area contributed by atoms with Gasteiger partial charge < -0.3 is 0 Å². The van der Waals surface area contributed by atoms with Gasteiger partial charge in [-0.15, -0.1) is 0 Å². The number of sulfonamides is 1. The molecule has 7 nitrogen and oxygen atoms in total. The van der Waals surface area contributed by atoms with Gasteiger partial charge in [0.05, 0.1) is 28.7 Å². The fraction of sp³-hybridized carbons (Fsp3) is 0.409. The molecule has 3 aromatic rings. The van der Waals surface area contributed by atoms with Crippen molar-refractivity contribution in [1.29, 1.82) is 0 Å². The molecule has 0 radical (unpaired) electrons.